The monoisotopic (exact) mass is 368 g/mol. The van der Waals surface area contributed by atoms with Crippen molar-refractivity contribution in [3.63, 3.8) is 0 Å². The molecular weight excluding hydrogens is 348 g/mol. The van der Waals surface area contributed by atoms with Gasteiger partial charge in [0.15, 0.2) is 0 Å². The van der Waals surface area contributed by atoms with Crippen LogP contribution < -0.4 is 10.5 Å². The zero-order valence-corrected chi connectivity index (χ0v) is 15.3. The summed E-state index contributed by atoms with van der Waals surface area (Å²) < 4.78 is 5.85. The summed E-state index contributed by atoms with van der Waals surface area (Å²) in [6.07, 6.45) is 9.58. The number of pyridine rings is 2. The second kappa shape index (κ2) is 8.38. The minimum absolute atomic E-state index is 0.120. The number of ether oxygens (including phenoxy) is 1. The van der Waals surface area contributed by atoms with Crippen molar-refractivity contribution in [2.24, 2.45) is 5.73 Å². The number of hydrogen-bond acceptors (Lipinski definition) is 4. The van der Waals surface area contributed by atoms with E-state index in [4.69, 9.17) is 10.5 Å². The van der Waals surface area contributed by atoms with Crippen molar-refractivity contribution in [1.29, 1.82) is 0 Å². The lowest BCUT2D eigenvalue weighted by atomic mass is 10.1. The van der Waals surface area contributed by atoms with Gasteiger partial charge in [-0.15, -0.1) is 0 Å². The minimum atomic E-state index is -0.120. The number of benzene rings is 1. The van der Waals surface area contributed by atoms with Crippen molar-refractivity contribution in [2.45, 2.75) is 12.5 Å². The van der Waals surface area contributed by atoms with Gasteiger partial charge in [-0.25, -0.2) is 0 Å². The topological polar surface area (TPSA) is 76.8 Å². The Hall–Kier alpha value is -3.62. The van der Waals surface area contributed by atoms with E-state index in [0.29, 0.717) is 12.4 Å². The van der Waals surface area contributed by atoms with Crippen molar-refractivity contribution < 1.29 is 4.74 Å². The number of rotatable bonds is 5. The molecule has 0 aliphatic heterocycles. The van der Waals surface area contributed by atoms with Gasteiger partial charge in [-0.05, 0) is 36.2 Å². The molecule has 3 N–H and O–H groups in total. The highest BCUT2D eigenvalue weighted by Gasteiger charge is 2.10. The zero-order valence-electron chi connectivity index (χ0n) is 15.3. The fourth-order valence-electron chi connectivity index (χ4n) is 2.99. The molecule has 3 heterocycles. The third kappa shape index (κ3) is 4.37. The van der Waals surface area contributed by atoms with Crippen LogP contribution in [0.25, 0.3) is 10.9 Å². The quantitative estimate of drug-likeness (QED) is 0.530. The van der Waals surface area contributed by atoms with Crippen LogP contribution in [0.3, 0.4) is 0 Å². The van der Waals surface area contributed by atoms with Gasteiger partial charge in [-0.1, -0.05) is 30.0 Å². The minimum Gasteiger partial charge on any atom is -0.490 e. The van der Waals surface area contributed by atoms with Gasteiger partial charge < -0.3 is 15.5 Å². The predicted molar refractivity (Wildman–Crippen MR) is 110 cm³/mol. The molecule has 0 aliphatic carbocycles. The van der Waals surface area contributed by atoms with Crippen molar-refractivity contribution >= 4 is 10.9 Å². The first-order chi connectivity index (χ1) is 13.8. The van der Waals surface area contributed by atoms with Gasteiger partial charge in [0.1, 0.15) is 12.4 Å². The molecule has 0 amide bonds. The van der Waals surface area contributed by atoms with Crippen LogP contribution in [0.1, 0.15) is 16.7 Å². The van der Waals surface area contributed by atoms with E-state index in [9.17, 15) is 0 Å². The molecule has 1 aromatic carbocycles. The summed E-state index contributed by atoms with van der Waals surface area (Å²) in [7, 11) is 0. The number of H-pyrrole nitrogens is 1. The van der Waals surface area contributed by atoms with Crippen LogP contribution in [0.2, 0.25) is 0 Å². The summed E-state index contributed by atoms with van der Waals surface area (Å²) in [5.74, 6) is 6.84. The first-order valence-electron chi connectivity index (χ1n) is 9.08. The van der Waals surface area contributed by atoms with Gasteiger partial charge >= 0.3 is 0 Å². The number of para-hydroxylation sites is 1. The first-order valence-corrected chi connectivity index (χ1v) is 9.08. The first kappa shape index (κ1) is 17.8. The van der Waals surface area contributed by atoms with E-state index >= 15 is 0 Å². The number of nitrogens with one attached hydrogen (secondary N) is 1. The summed E-state index contributed by atoms with van der Waals surface area (Å²) in [5, 5.41) is 1.20. The standard InChI is InChI=1S/C23H20N4O/c24-20(12-19-14-27-23-4-2-1-3-22(19)23)16-28-21-11-18(13-26-15-21)6-5-17-7-9-25-10-8-17/h1-4,7-11,13-15,20,27H,12,16,24H2/t20-/m0/s1. The molecule has 3 aromatic heterocycles. The fourth-order valence-corrected chi connectivity index (χ4v) is 2.99. The zero-order chi connectivity index (χ0) is 19.2. The van der Waals surface area contributed by atoms with E-state index in [-0.39, 0.29) is 6.04 Å². The highest BCUT2D eigenvalue weighted by molar-refractivity contribution is 5.83. The fraction of sp³-hybridized carbons (Fsp3) is 0.130. The largest absolute Gasteiger partial charge is 0.490 e. The molecule has 4 rings (SSSR count). The van der Waals surface area contributed by atoms with Gasteiger partial charge in [-0.3, -0.25) is 9.97 Å². The molecule has 0 radical (unpaired) electrons. The Kier molecular flexibility index (Phi) is 5.32. The Balaban J connectivity index is 1.37. The summed E-state index contributed by atoms with van der Waals surface area (Å²) in [5.41, 5.74) is 10.3. The van der Waals surface area contributed by atoms with Crippen LogP contribution in [0, 0.1) is 11.8 Å². The van der Waals surface area contributed by atoms with Crippen LogP contribution in [-0.2, 0) is 6.42 Å². The Labute approximate surface area is 163 Å². The highest BCUT2D eigenvalue weighted by Crippen LogP contribution is 2.19. The lowest BCUT2D eigenvalue weighted by molar-refractivity contribution is 0.287. The van der Waals surface area contributed by atoms with Crippen LogP contribution in [0.5, 0.6) is 5.75 Å². The predicted octanol–water partition coefficient (Wildman–Crippen LogP) is 3.31. The molecule has 5 nitrogen and oxygen atoms in total. The second-order valence-electron chi connectivity index (χ2n) is 6.53. The van der Waals surface area contributed by atoms with Crippen molar-refractivity contribution in [1.82, 2.24) is 15.0 Å². The number of nitrogens with zero attached hydrogens (tertiary/aromatic N) is 2. The maximum atomic E-state index is 6.28. The van der Waals surface area contributed by atoms with Crippen molar-refractivity contribution in [3.05, 3.63) is 90.1 Å². The molecule has 0 saturated carbocycles. The smallest absolute Gasteiger partial charge is 0.138 e. The van der Waals surface area contributed by atoms with Crippen molar-refractivity contribution in [3.8, 4) is 17.6 Å². The molecule has 0 fully saturated rings. The Morgan fingerprint density at radius 3 is 2.71 bits per heavy atom. The van der Waals surface area contributed by atoms with Gasteiger partial charge in [0.05, 0.1) is 6.20 Å². The summed E-state index contributed by atoms with van der Waals surface area (Å²) in [4.78, 5) is 11.5. The highest BCUT2D eigenvalue weighted by atomic mass is 16.5. The molecule has 1 atom stereocenters. The van der Waals surface area contributed by atoms with Gasteiger partial charge in [0.25, 0.3) is 0 Å². The second-order valence-corrected chi connectivity index (χ2v) is 6.53. The third-order valence-electron chi connectivity index (χ3n) is 4.37. The van der Waals surface area contributed by atoms with Gasteiger partial charge in [0.2, 0.25) is 0 Å². The molecular formula is C23H20N4O. The van der Waals surface area contributed by atoms with Gasteiger partial charge in [0, 0.05) is 52.9 Å². The number of hydrogen-bond donors (Lipinski definition) is 2. The maximum Gasteiger partial charge on any atom is 0.138 e. The van der Waals surface area contributed by atoms with Crippen LogP contribution in [-0.4, -0.2) is 27.6 Å². The molecule has 138 valence electrons. The normalized spacial score (nSPS) is 11.6. The van der Waals surface area contributed by atoms with Crippen LogP contribution >= 0.6 is 0 Å². The molecule has 0 bridgehead atoms. The van der Waals surface area contributed by atoms with Gasteiger partial charge in [-0.2, -0.15) is 0 Å². The van der Waals surface area contributed by atoms with E-state index in [1.54, 1.807) is 24.8 Å². The molecule has 0 spiro atoms. The van der Waals surface area contributed by atoms with Crippen LogP contribution in [0.15, 0.2) is 73.4 Å². The summed E-state index contributed by atoms with van der Waals surface area (Å²) in [6, 6.07) is 13.7. The molecule has 0 aliphatic rings. The van der Waals surface area contributed by atoms with E-state index in [1.807, 2.05) is 36.5 Å². The average molecular weight is 368 g/mol. The molecule has 4 aromatic rings. The molecule has 0 saturated heterocycles. The molecule has 0 unspecified atom stereocenters. The average Bonchev–Trinajstić information content (AvgIpc) is 3.15. The SMILES string of the molecule is N[C@H](COc1cncc(C#Cc2ccncc2)c1)Cc1c[nH]c2ccccc12. The molecule has 5 heteroatoms. The number of fused-ring (bicyclic) bond motifs is 1. The Bertz CT molecular complexity index is 1130. The van der Waals surface area contributed by atoms with Crippen LogP contribution in [0.4, 0.5) is 0 Å². The lowest BCUT2D eigenvalue weighted by Crippen LogP contribution is -2.30. The number of nitrogens with two attached hydrogens (primary N) is 1. The van der Waals surface area contributed by atoms with E-state index < -0.39 is 0 Å². The number of aromatic nitrogens is 3. The number of aromatic amines is 1. The maximum absolute atomic E-state index is 6.28. The van der Waals surface area contributed by atoms with Crippen molar-refractivity contribution in [2.75, 3.05) is 6.61 Å². The Morgan fingerprint density at radius 2 is 1.82 bits per heavy atom. The van der Waals surface area contributed by atoms with E-state index in [1.165, 1.54) is 10.9 Å². The Morgan fingerprint density at radius 1 is 1.00 bits per heavy atom. The van der Waals surface area contributed by atoms with E-state index in [0.717, 1.165) is 23.1 Å². The summed E-state index contributed by atoms with van der Waals surface area (Å²) >= 11 is 0. The molecule has 28 heavy (non-hydrogen) atoms. The third-order valence-corrected chi connectivity index (χ3v) is 4.37. The summed E-state index contributed by atoms with van der Waals surface area (Å²) in [6.45, 7) is 0.405. The van der Waals surface area contributed by atoms with E-state index in [2.05, 4.69) is 38.9 Å². The lowest BCUT2D eigenvalue weighted by Gasteiger charge is -2.13.